The fourth-order valence-corrected chi connectivity index (χ4v) is 4.17. The quantitative estimate of drug-likeness (QED) is 0.252. The van der Waals surface area contributed by atoms with Crippen molar-refractivity contribution < 1.29 is 18.9 Å². The molecule has 2 unspecified atom stereocenters. The Hall–Kier alpha value is -3.07. The van der Waals surface area contributed by atoms with Crippen LogP contribution in [-0.2, 0) is 15.6 Å². The summed E-state index contributed by atoms with van der Waals surface area (Å²) in [5, 5.41) is 11.1. The molecule has 0 bridgehead atoms. The standard InChI is InChI=1S/C19H20N3O7P/c1-3-12(2)29-30(27,28)15-7-4-13(5-8-15)11-21-17-9-6-14(22(25)26)10-16(17)20-18(23)19(21)24/h4-10,12H,3,11H2,1-2H3,(H,20,23)(H,27,28). The summed E-state index contributed by atoms with van der Waals surface area (Å²) in [6.07, 6.45) is 0.199. The van der Waals surface area contributed by atoms with Gasteiger partial charge in [-0.1, -0.05) is 19.1 Å². The zero-order valence-electron chi connectivity index (χ0n) is 16.3. The molecule has 0 fully saturated rings. The molecule has 2 aromatic carbocycles. The number of nitro groups is 1. The smallest absolute Gasteiger partial charge is 0.321 e. The predicted octanol–water partition coefficient (Wildman–Crippen LogP) is 2.27. The number of nitrogens with one attached hydrogen (secondary N) is 1. The first kappa shape index (κ1) is 21.6. The van der Waals surface area contributed by atoms with Crippen molar-refractivity contribution >= 4 is 29.6 Å². The highest BCUT2D eigenvalue weighted by Crippen LogP contribution is 2.42. The van der Waals surface area contributed by atoms with Gasteiger partial charge in [0.2, 0.25) is 0 Å². The van der Waals surface area contributed by atoms with Gasteiger partial charge < -0.3 is 14.4 Å². The molecule has 2 atom stereocenters. The highest BCUT2D eigenvalue weighted by atomic mass is 31.2. The van der Waals surface area contributed by atoms with Crippen molar-refractivity contribution in [2.75, 3.05) is 0 Å². The van der Waals surface area contributed by atoms with Crippen LogP contribution in [-0.4, -0.2) is 25.5 Å². The van der Waals surface area contributed by atoms with Crippen molar-refractivity contribution in [3.63, 3.8) is 0 Å². The summed E-state index contributed by atoms with van der Waals surface area (Å²) in [7, 11) is -3.98. The molecular formula is C19H20N3O7P. The second-order valence-corrected chi connectivity index (χ2v) is 8.58. The number of aromatic amines is 1. The molecule has 0 aliphatic carbocycles. The number of nitro benzene ring substituents is 1. The monoisotopic (exact) mass is 433 g/mol. The van der Waals surface area contributed by atoms with Crippen molar-refractivity contribution in [1.29, 1.82) is 0 Å². The molecule has 0 saturated heterocycles. The second-order valence-electron chi connectivity index (χ2n) is 6.82. The van der Waals surface area contributed by atoms with Gasteiger partial charge in [0.05, 0.1) is 33.9 Å². The average Bonchev–Trinajstić information content (AvgIpc) is 2.70. The SMILES string of the molecule is CCC(C)OP(=O)(O)c1ccc(Cn2c(=O)c(=O)[nH]c3cc([N+](=O)[O-])ccc32)cc1. The highest BCUT2D eigenvalue weighted by Gasteiger charge is 2.25. The summed E-state index contributed by atoms with van der Waals surface area (Å²) in [6.45, 7) is 3.54. The Morgan fingerprint density at radius 3 is 2.50 bits per heavy atom. The molecule has 2 N–H and O–H groups in total. The molecule has 30 heavy (non-hydrogen) atoms. The van der Waals surface area contributed by atoms with Crippen LogP contribution < -0.4 is 16.4 Å². The first-order chi connectivity index (χ1) is 14.1. The normalized spacial score (nSPS) is 14.4. The maximum Gasteiger partial charge on any atom is 0.359 e. The lowest BCUT2D eigenvalue weighted by molar-refractivity contribution is -0.384. The number of hydrogen-bond donors (Lipinski definition) is 2. The fraction of sp³-hybridized carbons (Fsp3) is 0.263. The van der Waals surface area contributed by atoms with Gasteiger partial charge in [0, 0.05) is 12.1 Å². The van der Waals surface area contributed by atoms with Crippen molar-refractivity contribution in [2.45, 2.75) is 32.9 Å². The summed E-state index contributed by atoms with van der Waals surface area (Å²) >= 11 is 0. The molecule has 10 nitrogen and oxygen atoms in total. The van der Waals surface area contributed by atoms with E-state index in [0.29, 0.717) is 17.5 Å². The fourth-order valence-electron chi connectivity index (χ4n) is 2.89. The minimum Gasteiger partial charge on any atom is -0.321 e. The molecule has 0 aliphatic rings. The van der Waals surface area contributed by atoms with E-state index >= 15 is 0 Å². The minimum absolute atomic E-state index is 0.000700. The number of aromatic nitrogens is 2. The number of hydrogen-bond acceptors (Lipinski definition) is 6. The number of nitrogens with zero attached hydrogens (tertiary/aromatic N) is 2. The van der Waals surface area contributed by atoms with Gasteiger partial charge in [-0.3, -0.25) is 28.8 Å². The van der Waals surface area contributed by atoms with Gasteiger partial charge in [-0.2, -0.15) is 0 Å². The topological polar surface area (TPSA) is 145 Å². The molecule has 11 heteroatoms. The van der Waals surface area contributed by atoms with Crippen LogP contribution in [0.25, 0.3) is 11.0 Å². The molecular weight excluding hydrogens is 413 g/mol. The summed E-state index contributed by atoms with van der Waals surface area (Å²) in [5.74, 6) is 0. The number of rotatable bonds is 7. The lowest BCUT2D eigenvalue weighted by atomic mass is 10.2. The maximum atomic E-state index is 12.4. The summed E-state index contributed by atoms with van der Waals surface area (Å²) < 4.78 is 18.8. The van der Waals surface area contributed by atoms with Gasteiger partial charge >= 0.3 is 18.7 Å². The molecule has 3 aromatic rings. The van der Waals surface area contributed by atoms with Crippen molar-refractivity contribution in [3.8, 4) is 0 Å². The van der Waals surface area contributed by atoms with Crippen LogP contribution >= 0.6 is 7.60 Å². The first-order valence-corrected chi connectivity index (χ1v) is 10.7. The largest absolute Gasteiger partial charge is 0.359 e. The van der Waals surface area contributed by atoms with Crippen molar-refractivity contribution in [2.24, 2.45) is 0 Å². The van der Waals surface area contributed by atoms with E-state index in [9.17, 15) is 29.2 Å². The maximum absolute atomic E-state index is 12.4. The average molecular weight is 433 g/mol. The lowest BCUT2D eigenvalue weighted by Gasteiger charge is -2.17. The van der Waals surface area contributed by atoms with Crippen molar-refractivity contribution in [1.82, 2.24) is 9.55 Å². The molecule has 1 aromatic heterocycles. The summed E-state index contributed by atoms with van der Waals surface area (Å²) in [5.41, 5.74) is -0.855. The summed E-state index contributed by atoms with van der Waals surface area (Å²) in [6, 6.07) is 9.80. The highest BCUT2D eigenvalue weighted by molar-refractivity contribution is 7.61. The van der Waals surface area contributed by atoms with Crippen molar-refractivity contribution in [3.05, 3.63) is 78.8 Å². The van der Waals surface area contributed by atoms with E-state index in [1.165, 1.54) is 34.9 Å². The van der Waals surface area contributed by atoms with E-state index in [0.717, 1.165) is 0 Å². The van der Waals surface area contributed by atoms with Crippen LogP contribution in [0.2, 0.25) is 0 Å². The van der Waals surface area contributed by atoms with Crippen LogP contribution in [0.3, 0.4) is 0 Å². The first-order valence-electron chi connectivity index (χ1n) is 9.14. The lowest BCUT2D eigenvalue weighted by Crippen LogP contribution is -2.36. The van der Waals surface area contributed by atoms with Gasteiger partial charge in [0.1, 0.15) is 0 Å². The Kier molecular flexibility index (Phi) is 6.02. The van der Waals surface area contributed by atoms with E-state index in [4.69, 9.17) is 4.52 Å². The molecule has 3 rings (SSSR count). The molecule has 0 aliphatic heterocycles. The molecule has 0 radical (unpaired) electrons. The molecule has 0 spiro atoms. The van der Waals surface area contributed by atoms with E-state index in [1.807, 2.05) is 6.92 Å². The van der Waals surface area contributed by atoms with Gasteiger partial charge in [0.15, 0.2) is 0 Å². The minimum atomic E-state index is -3.98. The van der Waals surface area contributed by atoms with Gasteiger partial charge in [-0.05, 0) is 37.1 Å². The molecule has 0 amide bonds. The Labute approximate surface area is 170 Å². The Morgan fingerprint density at radius 1 is 1.23 bits per heavy atom. The van der Waals surface area contributed by atoms with E-state index in [2.05, 4.69) is 4.98 Å². The van der Waals surface area contributed by atoms with E-state index < -0.39 is 23.6 Å². The zero-order chi connectivity index (χ0) is 22.1. The summed E-state index contributed by atoms with van der Waals surface area (Å²) in [4.78, 5) is 47.2. The number of benzene rings is 2. The Balaban J connectivity index is 1.97. The Morgan fingerprint density at radius 2 is 1.90 bits per heavy atom. The van der Waals surface area contributed by atoms with Crippen LogP contribution in [0.15, 0.2) is 52.1 Å². The van der Waals surface area contributed by atoms with Gasteiger partial charge in [-0.15, -0.1) is 0 Å². The second kappa shape index (κ2) is 8.35. The zero-order valence-corrected chi connectivity index (χ0v) is 17.2. The molecule has 0 saturated carbocycles. The van der Waals surface area contributed by atoms with Gasteiger partial charge in [-0.25, -0.2) is 0 Å². The van der Waals surface area contributed by atoms with Crippen LogP contribution in [0, 0.1) is 10.1 Å². The van der Waals surface area contributed by atoms with Crippen LogP contribution in [0.5, 0.6) is 0 Å². The van der Waals surface area contributed by atoms with E-state index in [1.54, 1.807) is 19.1 Å². The predicted molar refractivity (Wildman–Crippen MR) is 111 cm³/mol. The Bertz CT molecular complexity index is 1260. The van der Waals surface area contributed by atoms with Gasteiger partial charge in [0.25, 0.3) is 5.69 Å². The molecule has 1 heterocycles. The third-order valence-corrected chi connectivity index (χ3v) is 6.27. The number of non-ortho nitro benzene ring substituents is 1. The molecule has 158 valence electrons. The van der Waals surface area contributed by atoms with Crippen LogP contribution in [0.4, 0.5) is 5.69 Å². The van der Waals surface area contributed by atoms with Crippen LogP contribution in [0.1, 0.15) is 25.8 Å². The number of H-pyrrole nitrogens is 1. The van der Waals surface area contributed by atoms with E-state index in [-0.39, 0.29) is 29.2 Å². The third-order valence-electron chi connectivity index (χ3n) is 4.67. The third kappa shape index (κ3) is 4.40. The number of fused-ring (bicyclic) bond motifs is 1.